The van der Waals surface area contributed by atoms with Gasteiger partial charge in [0.1, 0.15) is 12.6 Å². The average molecular weight is 317 g/mol. The van der Waals surface area contributed by atoms with Gasteiger partial charge in [0.2, 0.25) is 0 Å². The van der Waals surface area contributed by atoms with E-state index >= 15 is 0 Å². The zero-order chi connectivity index (χ0) is 17.2. The molecule has 0 saturated carbocycles. The Balaban J connectivity index is 2.13. The number of benzene rings is 2. The molecule has 3 heteroatoms. The number of nitriles is 1. The molecule has 3 nitrogen and oxygen atoms in total. The first-order chi connectivity index (χ1) is 11.8. The summed E-state index contributed by atoms with van der Waals surface area (Å²) in [5, 5.41) is 9.42. The molecule has 2 aromatic carbocycles. The molecule has 0 unspecified atom stereocenters. The van der Waals surface area contributed by atoms with Gasteiger partial charge in [0, 0.05) is 12.8 Å². The Morgan fingerprint density at radius 3 is 2.17 bits per heavy atom. The van der Waals surface area contributed by atoms with Gasteiger partial charge in [-0.1, -0.05) is 48.5 Å². The third-order valence-corrected chi connectivity index (χ3v) is 3.78. The fraction of sp³-hybridized carbons (Fsp3) is 0.190. The smallest absolute Gasteiger partial charge is 0.124 e. The molecular formula is C21H19NO2. The largest absolute Gasteiger partial charge is 0.303 e. The van der Waals surface area contributed by atoms with Gasteiger partial charge in [0.15, 0.2) is 0 Å². The van der Waals surface area contributed by atoms with Crippen molar-refractivity contribution in [1.29, 1.82) is 5.26 Å². The van der Waals surface area contributed by atoms with E-state index in [4.69, 9.17) is 0 Å². The van der Waals surface area contributed by atoms with Gasteiger partial charge in [0.25, 0.3) is 0 Å². The van der Waals surface area contributed by atoms with Crippen molar-refractivity contribution in [2.45, 2.75) is 25.7 Å². The van der Waals surface area contributed by atoms with Crippen LogP contribution < -0.4 is 0 Å². The summed E-state index contributed by atoms with van der Waals surface area (Å²) in [4.78, 5) is 20.9. The van der Waals surface area contributed by atoms with E-state index in [-0.39, 0.29) is 0 Å². The second-order valence-electron chi connectivity index (χ2n) is 5.54. The van der Waals surface area contributed by atoms with Gasteiger partial charge in [-0.15, -0.1) is 0 Å². The standard InChI is InChI=1S/C21H19NO2/c22-16-21(15-19-6-4-18(5-7-19)12-14-24)20-10-8-17(9-11-20)3-1-2-13-23/h4-11,13-15H,1-3,12H2/b21-15+. The van der Waals surface area contributed by atoms with Crippen molar-refractivity contribution in [2.24, 2.45) is 0 Å². The van der Waals surface area contributed by atoms with E-state index < -0.39 is 0 Å². The number of nitrogens with zero attached hydrogens (tertiary/aromatic N) is 1. The van der Waals surface area contributed by atoms with Crippen LogP contribution in [-0.2, 0) is 22.4 Å². The SMILES string of the molecule is N#C/C(=C\c1ccc(CC=O)cc1)c1ccc(CCCC=O)cc1. The molecule has 0 saturated heterocycles. The lowest BCUT2D eigenvalue weighted by molar-refractivity contribution is -0.108. The minimum atomic E-state index is 0.403. The molecule has 0 heterocycles. The second kappa shape index (κ2) is 9.22. The highest BCUT2D eigenvalue weighted by atomic mass is 16.1. The normalized spacial score (nSPS) is 10.9. The van der Waals surface area contributed by atoms with Crippen molar-refractivity contribution in [3.05, 3.63) is 70.8 Å². The number of unbranched alkanes of at least 4 members (excludes halogenated alkanes) is 1. The highest BCUT2D eigenvalue weighted by molar-refractivity contribution is 5.89. The summed E-state index contributed by atoms with van der Waals surface area (Å²) in [5.74, 6) is 0. The third kappa shape index (κ3) is 5.03. The van der Waals surface area contributed by atoms with Crippen LogP contribution in [0.2, 0.25) is 0 Å². The highest BCUT2D eigenvalue weighted by Crippen LogP contribution is 2.19. The summed E-state index contributed by atoms with van der Waals surface area (Å²) in [7, 11) is 0. The number of allylic oxidation sites excluding steroid dienone is 1. The van der Waals surface area contributed by atoms with E-state index in [0.717, 1.165) is 47.7 Å². The zero-order valence-electron chi connectivity index (χ0n) is 13.4. The predicted octanol–water partition coefficient (Wildman–Crippen LogP) is 4.01. The maximum atomic E-state index is 10.5. The quantitative estimate of drug-likeness (QED) is 0.320. The molecule has 0 aliphatic heterocycles. The number of hydrogen-bond donors (Lipinski definition) is 0. The van der Waals surface area contributed by atoms with Crippen molar-refractivity contribution in [3.8, 4) is 6.07 Å². The molecule has 2 aromatic rings. The number of hydrogen-bond acceptors (Lipinski definition) is 3. The van der Waals surface area contributed by atoms with Gasteiger partial charge in [-0.2, -0.15) is 5.26 Å². The van der Waals surface area contributed by atoms with Crippen LogP contribution in [0, 0.1) is 11.3 Å². The van der Waals surface area contributed by atoms with E-state index in [1.807, 2.05) is 54.6 Å². The van der Waals surface area contributed by atoms with Crippen LogP contribution in [0.1, 0.15) is 35.1 Å². The molecule has 0 radical (unpaired) electrons. The summed E-state index contributed by atoms with van der Waals surface area (Å²) in [6.07, 6.45) is 6.34. The van der Waals surface area contributed by atoms with Crippen molar-refractivity contribution in [1.82, 2.24) is 0 Å². The molecule has 24 heavy (non-hydrogen) atoms. The molecule has 0 N–H and O–H groups in total. The minimum Gasteiger partial charge on any atom is -0.303 e. The predicted molar refractivity (Wildman–Crippen MR) is 95.1 cm³/mol. The number of carbonyl (C=O) groups is 2. The highest BCUT2D eigenvalue weighted by Gasteiger charge is 2.02. The molecule has 0 aromatic heterocycles. The maximum Gasteiger partial charge on any atom is 0.124 e. The van der Waals surface area contributed by atoms with E-state index in [9.17, 15) is 14.9 Å². The Kier molecular flexibility index (Phi) is 6.67. The van der Waals surface area contributed by atoms with Crippen LogP contribution in [0.4, 0.5) is 0 Å². The number of aryl methyl sites for hydroxylation is 1. The molecule has 0 atom stereocenters. The summed E-state index contributed by atoms with van der Waals surface area (Å²) in [6, 6.07) is 17.7. The molecule has 2 rings (SSSR count). The van der Waals surface area contributed by atoms with Crippen LogP contribution in [0.15, 0.2) is 48.5 Å². The molecular weight excluding hydrogens is 298 g/mol. The van der Waals surface area contributed by atoms with Gasteiger partial charge in [-0.25, -0.2) is 0 Å². The van der Waals surface area contributed by atoms with Gasteiger partial charge in [-0.05, 0) is 41.2 Å². The summed E-state index contributed by atoms with van der Waals surface area (Å²) >= 11 is 0. The first-order valence-corrected chi connectivity index (χ1v) is 7.94. The molecule has 120 valence electrons. The Morgan fingerprint density at radius 1 is 0.917 bits per heavy atom. The van der Waals surface area contributed by atoms with E-state index in [0.29, 0.717) is 18.4 Å². The lowest BCUT2D eigenvalue weighted by Crippen LogP contribution is -1.89. The maximum absolute atomic E-state index is 10.5. The Morgan fingerprint density at radius 2 is 1.58 bits per heavy atom. The van der Waals surface area contributed by atoms with Crippen LogP contribution in [-0.4, -0.2) is 12.6 Å². The van der Waals surface area contributed by atoms with E-state index in [1.165, 1.54) is 0 Å². The molecule has 0 fully saturated rings. The molecule has 0 aliphatic carbocycles. The first-order valence-electron chi connectivity index (χ1n) is 7.94. The molecule has 0 bridgehead atoms. The van der Waals surface area contributed by atoms with Crippen LogP contribution in [0.3, 0.4) is 0 Å². The molecule has 0 spiro atoms. The molecule has 0 amide bonds. The van der Waals surface area contributed by atoms with Crippen LogP contribution >= 0.6 is 0 Å². The fourth-order valence-corrected chi connectivity index (χ4v) is 2.43. The Labute approximate surface area is 142 Å². The number of rotatable bonds is 8. The lowest BCUT2D eigenvalue weighted by atomic mass is 10.00. The van der Waals surface area contributed by atoms with Gasteiger partial charge < -0.3 is 9.59 Å². The van der Waals surface area contributed by atoms with Crippen molar-refractivity contribution in [3.63, 3.8) is 0 Å². The topological polar surface area (TPSA) is 57.9 Å². The van der Waals surface area contributed by atoms with Crippen molar-refractivity contribution < 1.29 is 9.59 Å². The van der Waals surface area contributed by atoms with E-state index in [2.05, 4.69) is 6.07 Å². The van der Waals surface area contributed by atoms with Crippen LogP contribution in [0.5, 0.6) is 0 Å². The van der Waals surface area contributed by atoms with Crippen molar-refractivity contribution in [2.75, 3.05) is 0 Å². The fourth-order valence-electron chi connectivity index (χ4n) is 2.43. The zero-order valence-corrected chi connectivity index (χ0v) is 13.4. The minimum absolute atomic E-state index is 0.403. The second-order valence-corrected chi connectivity index (χ2v) is 5.54. The van der Waals surface area contributed by atoms with E-state index in [1.54, 1.807) is 0 Å². The summed E-state index contributed by atoms with van der Waals surface area (Å²) < 4.78 is 0. The Bertz CT molecular complexity index is 750. The number of carbonyl (C=O) groups excluding carboxylic acids is 2. The Hall–Kier alpha value is -2.99. The third-order valence-electron chi connectivity index (χ3n) is 3.78. The first kappa shape index (κ1) is 17.4. The van der Waals surface area contributed by atoms with Crippen LogP contribution in [0.25, 0.3) is 11.6 Å². The van der Waals surface area contributed by atoms with Gasteiger partial charge in [0.05, 0.1) is 11.6 Å². The summed E-state index contributed by atoms with van der Waals surface area (Å²) in [5.41, 5.74) is 4.51. The van der Waals surface area contributed by atoms with Gasteiger partial charge in [-0.3, -0.25) is 0 Å². The lowest BCUT2D eigenvalue weighted by Gasteiger charge is -2.04. The van der Waals surface area contributed by atoms with Gasteiger partial charge >= 0.3 is 0 Å². The average Bonchev–Trinajstić information content (AvgIpc) is 2.62. The summed E-state index contributed by atoms with van der Waals surface area (Å²) in [6.45, 7) is 0. The molecule has 0 aliphatic rings. The van der Waals surface area contributed by atoms with Crippen molar-refractivity contribution >= 4 is 24.2 Å². The number of aldehydes is 2. The monoisotopic (exact) mass is 317 g/mol.